The number of hydrogen-bond acceptors (Lipinski definition) is 3. The summed E-state index contributed by atoms with van der Waals surface area (Å²) in [5, 5.41) is 3.51. The van der Waals surface area contributed by atoms with E-state index in [1.165, 1.54) is 0 Å². The van der Waals surface area contributed by atoms with Crippen molar-refractivity contribution in [2.45, 2.75) is 20.4 Å². The second-order valence-electron chi connectivity index (χ2n) is 2.45. The topological polar surface area (TPSA) is 68.0 Å². The highest BCUT2D eigenvalue weighted by atomic mass is 32.1. The first-order valence-electron chi connectivity index (χ1n) is 3.56. The quantitative estimate of drug-likeness (QED) is 0.719. The van der Waals surface area contributed by atoms with Gasteiger partial charge in [0.25, 0.3) is 0 Å². The minimum absolute atomic E-state index is 0.422. The molecule has 0 aromatic carbocycles. The SMILES string of the molecule is Cc1nc(CNC(N)=O)c(C)s1. The van der Waals surface area contributed by atoms with E-state index in [1.54, 1.807) is 11.3 Å². The fraction of sp³-hybridized carbons (Fsp3) is 0.429. The van der Waals surface area contributed by atoms with Crippen molar-refractivity contribution in [2.24, 2.45) is 5.73 Å². The first-order chi connectivity index (χ1) is 5.59. The molecule has 0 aliphatic carbocycles. The van der Waals surface area contributed by atoms with Crippen molar-refractivity contribution in [2.75, 3.05) is 0 Å². The summed E-state index contributed by atoms with van der Waals surface area (Å²) in [7, 11) is 0. The number of aryl methyl sites for hydroxylation is 2. The van der Waals surface area contributed by atoms with Gasteiger partial charge in [-0.15, -0.1) is 11.3 Å². The molecule has 0 spiro atoms. The van der Waals surface area contributed by atoms with Gasteiger partial charge in [-0.3, -0.25) is 0 Å². The Morgan fingerprint density at radius 3 is 2.75 bits per heavy atom. The van der Waals surface area contributed by atoms with Gasteiger partial charge in [0, 0.05) is 4.88 Å². The van der Waals surface area contributed by atoms with Crippen molar-refractivity contribution in [3.05, 3.63) is 15.6 Å². The van der Waals surface area contributed by atoms with Crippen LogP contribution in [0.25, 0.3) is 0 Å². The highest BCUT2D eigenvalue weighted by Gasteiger charge is 2.04. The molecule has 66 valence electrons. The third-order valence-electron chi connectivity index (χ3n) is 1.43. The van der Waals surface area contributed by atoms with E-state index in [-0.39, 0.29) is 0 Å². The number of urea groups is 1. The monoisotopic (exact) mass is 185 g/mol. The number of amides is 2. The summed E-state index contributed by atoms with van der Waals surface area (Å²) in [6.45, 7) is 4.33. The van der Waals surface area contributed by atoms with E-state index < -0.39 is 6.03 Å². The van der Waals surface area contributed by atoms with Crippen LogP contribution in [0.1, 0.15) is 15.6 Å². The first-order valence-corrected chi connectivity index (χ1v) is 4.37. The van der Waals surface area contributed by atoms with E-state index in [9.17, 15) is 4.79 Å². The lowest BCUT2D eigenvalue weighted by Crippen LogP contribution is -2.28. The van der Waals surface area contributed by atoms with Crippen LogP contribution in [0.3, 0.4) is 0 Å². The average Bonchev–Trinajstić information content (AvgIpc) is 2.26. The fourth-order valence-electron chi connectivity index (χ4n) is 0.907. The summed E-state index contributed by atoms with van der Waals surface area (Å²) < 4.78 is 0. The molecule has 0 saturated carbocycles. The molecule has 12 heavy (non-hydrogen) atoms. The summed E-state index contributed by atoms with van der Waals surface area (Å²) in [6, 6.07) is -0.514. The molecule has 3 N–H and O–H groups in total. The Kier molecular flexibility index (Phi) is 2.65. The van der Waals surface area contributed by atoms with Crippen LogP contribution in [0.4, 0.5) is 4.79 Å². The molecule has 0 aliphatic rings. The van der Waals surface area contributed by atoms with Crippen molar-refractivity contribution in [1.29, 1.82) is 0 Å². The molecule has 5 heteroatoms. The molecule has 0 atom stereocenters. The Balaban J connectivity index is 2.62. The van der Waals surface area contributed by atoms with Crippen LogP contribution in [0, 0.1) is 13.8 Å². The molecule has 4 nitrogen and oxygen atoms in total. The van der Waals surface area contributed by atoms with Crippen LogP contribution in [0.15, 0.2) is 0 Å². The van der Waals surface area contributed by atoms with Crippen LogP contribution in [0.2, 0.25) is 0 Å². The summed E-state index contributed by atoms with van der Waals surface area (Å²) in [6.07, 6.45) is 0. The summed E-state index contributed by atoms with van der Waals surface area (Å²) in [4.78, 5) is 15.7. The van der Waals surface area contributed by atoms with Gasteiger partial charge in [0.05, 0.1) is 17.2 Å². The molecule has 0 radical (unpaired) electrons. The Morgan fingerprint density at radius 2 is 2.33 bits per heavy atom. The van der Waals surface area contributed by atoms with Gasteiger partial charge >= 0.3 is 6.03 Å². The van der Waals surface area contributed by atoms with E-state index in [0.29, 0.717) is 6.54 Å². The van der Waals surface area contributed by atoms with Gasteiger partial charge in [-0.25, -0.2) is 9.78 Å². The zero-order valence-electron chi connectivity index (χ0n) is 7.05. The molecule has 1 heterocycles. The molecule has 1 aromatic heterocycles. The summed E-state index contributed by atoms with van der Waals surface area (Å²) >= 11 is 1.62. The lowest BCUT2D eigenvalue weighted by Gasteiger charge is -1.97. The number of nitrogens with one attached hydrogen (secondary N) is 1. The lowest BCUT2D eigenvalue weighted by atomic mass is 10.4. The molecule has 0 saturated heterocycles. The third-order valence-corrected chi connectivity index (χ3v) is 2.36. The minimum Gasteiger partial charge on any atom is -0.352 e. The largest absolute Gasteiger partial charge is 0.352 e. The molecule has 0 unspecified atom stereocenters. The zero-order valence-corrected chi connectivity index (χ0v) is 7.86. The van der Waals surface area contributed by atoms with Gasteiger partial charge in [-0.1, -0.05) is 0 Å². The molecule has 2 amide bonds. The van der Waals surface area contributed by atoms with Gasteiger partial charge in [-0.2, -0.15) is 0 Å². The second kappa shape index (κ2) is 3.53. The fourth-order valence-corrected chi connectivity index (χ4v) is 1.74. The van der Waals surface area contributed by atoms with Crippen LogP contribution >= 0.6 is 11.3 Å². The van der Waals surface area contributed by atoms with E-state index in [0.717, 1.165) is 15.6 Å². The van der Waals surface area contributed by atoms with Crippen LogP contribution in [0.5, 0.6) is 0 Å². The van der Waals surface area contributed by atoms with Gasteiger partial charge in [0.2, 0.25) is 0 Å². The van der Waals surface area contributed by atoms with E-state index in [1.807, 2.05) is 13.8 Å². The highest BCUT2D eigenvalue weighted by molar-refractivity contribution is 7.11. The average molecular weight is 185 g/mol. The Bertz CT molecular complexity index is 295. The van der Waals surface area contributed by atoms with E-state index in [2.05, 4.69) is 10.3 Å². The van der Waals surface area contributed by atoms with Crippen molar-refractivity contribution in [1.82, 2.24) is 10.3 Å². The number of thiazole rings is 1. The first kappa shape index (κ1) is 8.99. The van der Waals surface area contributed by atoms with E-state index >= 15 is 0 Å². The number of nitrogens with zero attached hydrogens (tertiary/aromatic N) is 1. The lowest BCUT2D eigenvalue weighted by molar-refractivity contribution is 0.248. The maximum atomic E-state index is 10.4. The van der Waals surface area contributed by atoms with Crippen LogP contribution < -0.4 is 11.1 Å². The van der Waals surface area contributed by atoms with Crippen molar-refractivity contribution < 1.29 is 4.79 Å². The van der Waals surface area contributed by atoms with Crippen molar-refractivity contribution in [3.63, 3.8) is 0 Å². The molecule has 0 bridgehead atoms. The Morgan fingerprint density at radius 1 is 1.67 bits per heavy atom. The van der Waals surface area contributed by atoms with Gasteiger partial charge in [0.1, 0.15) is 0 Å². The third kappa shape index (κ3) is 2.20. The second-order valence-corrected chi connectivity index (χ2v) is 3.86. The number of rotatable bonds is 2. The Hall–Kier alpha value is -1.10. The summed E-state index contributed by atoms with van der Waals surface area (Å²) in [5.74, 6) is 0. The molecule has 1 rings (SSSR count). The van der Waals surface area contributed by atoms with Crippen molar-refractivity contribution in [3.8, 4) is 0 Å². The highest BCUT2D eigenvalue weighted by Crippen LogP contribution is 2.15. The number of primary amides is 1. The molecule has 0 fully saturated rings. The minimum atomic E-state index is -0.514. The maximum Gasteiger partial charge on any atom is 0.312 e. The predicted molar refractivity (Wildman–Crippen MR) is 48.0 cm³/mol. The molecular weight excluding hydrogens is 174 g/mol. The van der Waals surface area contributed by atoms with Gasteiger partial charge in [0.15, 0.2) is 0 Å². The predicted octanol–water partition coefficient (Wildman–Crippen LogP) is 0.928. The number of nitrogens with two attached hydrogens (primary N) is 1. The smallest absolute Gasteiger partial charge is 0.312 e. The zero-order chi connectivity index (χ0) is 9.14. The molecular formula is C7H11N3OS. The standard InChI is InChI=1S/C7H11N3OS/c1-4-6(3-9-7(8)11)10-5(2)12-4/h3H2,1-2H3,(H3,8,9,11). The van der Waals surface area contributed by atoms with Gasteiger partial charge in [-0.05, 0) is 13.8 Å². The normalized spacial score (nSPS) is 9.83. The number of hydrogen-bond donors (Lipinski definition) is 2. The number of aromatic nitrogens is 1. The van der Waals surface area contributed by atoms with Crippen LogP contribution in [-0.4, -0.2) is 11.0 Å². The maximum absolute atomic E-state index is 10.4. The van der Waals surface area contributed by atoms with E-state index in [4.69, 9.17) is 5.73 Å². The van der Waals surface area contributed by atoms with Crippen LogP contribution in [-0.2, 0) is 6.54 Å². The summed E-state index contributed by atoms with van der Waals surface area (Å²) in [5.41, 5.74) is 5.82. The van der Waals surface area contributed by atoms with Gasteiger partial charge < -0.3 is 11.1 Å². The number of carbonyl (C=O) groups is 1. The Labute approximate surface area is 74.8 Å². The number of carbonyl (C=O) groups excluding carboxylic acids is 1. The molecule has 1 aromatic rings. The molecule has 0 aliphatic heterocycles. The van der Waals surface area contributed by atoms with Crippen molar-refractivity contribution >= 4 is 17.4 Å².